The number of hydrogen-bond donors (Lipinski definition) is 1. The molecule has 0 saturated carbocycles. The summed E-state index contributed by atoms with van der Waals surface area (Å²) in [6.45, 7) is 4.22. The van der Waals surface area contributed by atoms with Gasteiger partial charge in [-0.3, -0.25) is 9.59 Å². The summed E-state index contributed by atoms with van der Waals surface area (Å²) in [4.78, 5) is 28.8. The highest BCUT2D eigenvalue weighted by atomic mass is 16.2. The number of aromatic amines is 1. The van der Waals surface area contributed by atoms with E-state index in [0.717, 1.165) is 0 Å². The fourth-order valence-electron chi connectivity index (χ4n) is 2.13. The van der Waals surface area contributed by atoms with Crippen molar-refractivity contribution in [3.8, 4) is 0 Å². The molecule has 0 radical (unpaired) electrons. The molecule has 1 aliphatic rings. The minimum Gasteiger partial charge on any atom is -0.335 e. The van der Waals surface area contributed by atoms with Crippen LogP contribution in [0.25, 0.3) is 5.65 Å². The van der Waals surface area contributed by atoms with Crippen LogP contribution >= 0.6 is 0 Å². The smallest absolute Gasteiger partial charge is 0.280 e. The summed E-state index contributed by atoms with van der Waals surface area (Å²) in [6, 6.07) is 1.75. The summed E-state index contributed by atoms with van der Waals surface area (Å²) < 4.78 is 1.29. The van der Waals surface area contributed by atoms with Gasteiger partial charge in [-0.05, 0) is 13.8 Å². The van der Waals surface area contributed by atoms with E-state index in [-0.39, 0.29) is 17.5 Å². The zero-order valence-corrected chi connectivity index (χ0v) is 9.60. The molecule has 17 heavy (non-hydrogen) atoms. The van der Waals surface area contributed by atoms with Crippen LogP contribution in [-0.2, 0) is 6.54 Å². The first-order valence-corrected chi connectivity index (χ1v) is 5.49. The summed E-state index contributed by atoms with van der Waals surface area (Å²) in [7, 11) is 0. The molecule has 6 nitrogen and oxygen atoms in total. The Morgan fingerprint density at radius 2 is 2.18 bits per heavy atom. The van der Waals surface area contributed by atoms with E-state index in [2.05, 4.69) is 10.1 Å². The maximum absolute atomic E-state index is 12.1. The molecule has 3 heterocycles. The van der Waals surface area contributed by atoms with Gasteiger partial charge in [0.25, 0.3) is 11.5 Å². The summed E-state index contributed by atoms with van der Waals surface area (Å²) in [5, 5.41) is 3.93. The quantitative estimate of drug-likeness (QED) is 0.773. The molecule has 1 N–H and O–H groups in total. The number of nitrogens with zero attached hydrogens (tertiary/aromatic N) is 3. The maximum atomic E-state index is 12.1. The summed E-state index contributed by atoms with van der Waals surface area (Å²) >= 11 is 0. The molecular weight excluding hydrogens is 220 g/mol. The molecule has 2 aromatic heterocycles. The minimum absolute atomic E-state index is 0.0787. The van der Waals surface area contributed by atoms with E-state index in [1.54, 1.807) is 11.0 Å². The first kappa shape index (κ1) is 10.1. The zero-order valence-electron chi connectivity index (χ0n) is 9.60. The van der Waals surface area contributed by atoms with E-state index in [1.165, 1.54) is 10.7 Å². The van der Waals surface area contributed by atoms with Gasteiger partial charge in [-0.2, -0.15) is 9.61 Å². The van der Waals surface area contributed by atoms with Gasteiger partial charge < -0.3 is 9.88 Å². The largest absolute Gasteiger partial charge is 0.335 e. The summed E-state index contributed by atoms with van der Waals surface area (Å²) in [6.07, 6.45) is 1.53. The van der Waals surface area contributed by atoms with Crippen molar-refractivity contribution in [3.63, 3.8) is 0 Å². The van der Waals surface area contributed by atoms with Gasteiger partial charge in [0.15, 0.2) is 0 Å². The van der Waals surface area contributed by atoms with Gasteiger partial charge in [0.05, 0.1) is 18.3 Å². The van der Waals surface area contributed by atoms with Crippen LogP contribution in [0.4, 0.5) is 0 Å². The van der Waals surface area contributed by atoms with Gasteiger partial charge in [-0.15, -0.1) is 0 Å². The average Bonchev–Trinajstić information content (AvgIpc) is 2.85. The van der Waals surface area contributed by atoms with Gasteiger partial charge in [-0.25, -0.2) is 0 Å². The van der Waals surface area contributed by atoms with E-state index < -0.39 is 0 Å². The van der Waals surface area contributed by atoms with Gasteiger partial charge >= 0.3 is 0 Å². The van der Waals surface area contributed by atoms with Crippen LogP contribution in [0.3, 0.4) is 0 Å². The van der Waals surface area contributed by atoms with Gasteiger partial charge in [0, 0.05) is 12.1 Å². The Bertz CT molecular complexity index is 668. The highest BCUT2D eigenvalue weighted by molar-refractivity contribution is 5.96. The normalized spacial score (nSPS) is 15.0. The monoisotopic (exact) mass is 232 g/mol. The lowest BCUT2D eigenvalue weighted by atomic mass is 10.3. The molecule has 1 amide bonds. The molecule has 0 spiro atoms. The van der Waals surface area contributed by atoms with E-state index in [1.807, 2.05) is 13.8 Å². The van der Waals surface area contributed by atoms with Crippen LogP contribution in [0.15, 0.2) is 17.1 Å². The Hall–Kier alpha value is -2.11. The van der Waals surface area contributed by atoms with Crippen molar-refractivity contribution in [1.29, 1.82) is 0 Å². The molecular formula is C11H12N4O2. The van der Waals surface area contributed by atoms with E-state index in [0.29, 0.717) is 23.4 Å². The molecule has 0 aromatic carbocycles. The van der Waals surface area contributed by atoms with Crippen LogP contribution in [-0.4, -0.2) is 31.4 Å². The number of fused-ring (bicyclic) bond motifs is 2. The minimum atomic E-state index is -0.213. The van der Waals surface area contributed by atoms with Crippen molar-refractivity contribution in [2.24, 2.45) is 0 Å². The molecule has 1 aliphatic heterocycles. The lowest BCUT2D eigenvalue weighted by molar-refractivity contribution is 0.0726. The SMILES string of the molecule is CC(C)N1Cc2c([nH]c3ccnn3c2=O)C1=O. The maximum Gasteiger partial charge on any atom is 0.280 e. The molecule has 3 rings (SSSR count). The lowest BCUT2D eigenvalue weighted by Gasteiger charge is -2.19. The van der Waals surface area contributed by atoms with Gasteiger partial charge in [0.2, 0.25) is 0 Å². The van der Waals surface area contributed by atoms with Crippen molar-refractivity contribution in [1.82, 2.24) is 19.5 Å². The highest BCUT2D eigenvalue weighted by Gasteiger charge is 2.32. The molecule has 0 aliphatic carbocycles. The Labute approximate surface area is 96.9 Å². The predicted molar refractivity (Wildman–Crippen MR) is 60.8 cm³/mol. The van der Waals surface area contributed by atoms with Crippen molar-refractivity contribution >= 4 is 11.6 Å². The number of amides is 1. The number of carbonyl (C=O) groups excluding carboxylic acids is 1. The molecule has 2 aromatic rings. The van der Waals surface area contributed by atoms with Crippen molar-refractivity contribution < 1.29 is 4.79 Å². The van der Waals surface area contributed by atoms with Crippen LogP contribution in [0.5, 0.6) is 0 Å². The molecule has 0 saturated heterocycles. The lowest BCUT2D eigenvalue weighted by Crippen LogP contribution is -2.31. The zero-order chi connectivity index (χ0) is 12.2. The fraction of sp³-hybridized carbons (Fsp3) is 0.364. The van der Waals surface area contributed by atoms with Crippen molar-refractivity contribution in [2.75, 3.05) is 0 Å². The van der Waals surface area contributed by atoms with Crippen LogP contribution in [0.1, 0.15) is 29.9 Å². The van der Waals surface area contributed by atoms with Crippen LogP contribution in [0, 0.1) is 0 Å². The molecule has 0 fully saturated rings. The Morgan fingerprint density at radius 3 is 2.88 bits per heavy atom. The van der Waals surface area contributed by atoms with Crippen molar-refractivity contribution in [2.45, 2.75) is 26.4 Å². The Balaban J connectivity index is 2.27. The number of carbonyl (C=O) groups is 1. The first-order valence-electron chi connectivity index (χ1n) is 5.49. The molecule has 0 atom stereocenters. The summed E-state index contributed by atoms with van der Waals surface area (Å²) in [5.74, 6) is -0.115. The van der Waals surface area contributed by atoms with E-state index >= 15 is 0 Å². The standard InChI is InChI=1S/C11H12N4O2/c1-6(2)14-5-7-9(11(14)17)13-8-3-4-12-15(8)10(7)16/h3-4,6,13H,5H2,1-2H3. The molecule has 0 unspecified atom stereocenters. The number of aromatic nitrogens is 3. The molecule has 88 valence electrons. The van der Waals surface area contributed by atoms with Gasteiger partial charge in [-0.1, -0.05) is 0 Å². The average molecular weight is 232 g/mol. The van der Waals surface area contributed by atoms with E-state index in [4.69, 9.17) is 0 Å². The second kappa shape index (κ2) is 3.19. The third-order valence-corrected chi connectivity index (χ3v) is 3.07. The summed E-state index contributed by atoms with van der Waals surface area (Å²) in [5.41, 5.74) is 1.24. The number of rotatable bonds is 1. The highest BCUT2D eigenvalue weighted by Crippen LogP contribution is 2.20. The second-order valence-corrected chi connectivity index (χ2v) is 4.44. The topological polar surface area (TPSA) is 70.5 Å². The third kappa shape index (κ3) is 1.23. The predicted octanol–water partition coefficient (Wildman–Crippen LogP) is 0.387. The number of H-pyrrole nitrogens is 1. The van der Waals surface area contributed by atoms with Crippen molar-refractivity contribution in [3.05, 3.63) is 33.9 Å². The van der Waals surface area contributed by atoms with Crippen LogP contribution < -0.4 is 5.56 Å². The Morgan fingerprint density at radius 1 is 1.41 bits per heavy atom. The Kier molecular flexibility index (Phi) is 1.89. The first-order chi connectivity index (χ1) is 8.09. The third-order valence-electron chi connectivity index (χ3n) is 3.07. The van der Waals surface area contributed by atoms with Gasteiger partial charge in [0.1, 0.15) is 11.3 Å². The number of nitrogens with one attached hydrogen (secondary N) is 1. The molecule has 6 heteroatoms. The van der Waals surface area contributed by atoms with Crippen LogP contribution in [0.2, 0.25) is 0 Å². The fourth-order valence-corrected chi connectivity index (χ4v) is 2.13. The second-order valence-electron chi connectivity index (χ2n) is 4.44. The number of hydrogen-bond acceptors (Lipinski definition) is 3. The molecule has 0 bridgehead atoms. The van der Waals surface area contributed by atoms with E-state index in [9.17, 15) is 9.59 Å².